The molecule has 0 bridgehead atoms. The molecule has 2 heterocycles. The second kappa shape index (κ2) is 7.88. The van der Waals surface area contributed by atoms with Crippen LogP contribution >= 0.6 is 11.6 Å². The fourth-order valence-electron chi connectivity index (χ4n) is 2.25. The topological polar surface area (TPSA) is 79.8 Å². The van der Waals surface area contributed by atoms with Gasteiger partial charge in [0.1, 0.15) is 23.2 Å². The normalized spacial score (nSPS) is 10.4. The van der Waals surface area contributed by atoms with Crippen molar-refractivity contribution in [1.29, 1.82) is 0 Å². The van der Waals surface area contributed by atoms with Gasteiger partial charge in [0, 0.05) is 30.7 Å². The third kappa shape index (κ3) is 4.52. The van der Waals surface area contributed by atoms with Crippen molar-refractivity contribution in [3.05, 3.63) is 76.7 Å². The van der Waals surface area contributed by atoms with E-state index in [1.54, 1.807) is 25.4 Å². The Morgan fingerprint density at radius 3 is 2.81 bits per heavy atom. The quantitative estimate of drug-likeness (QED) is 0.715. The summed E-state index contributed by atoms with van der Waals surface area (Å²) in [5.74, 6) is -0.00691. The van der Waals surface area contributed by atoms with Gasteiger partial charge in [-0.3, -0.25) is 9.78 Å². The van der Waals surface area contributed by atoms with Gasteiger partial charge in [0.15, 0.2) is 0 Å². The van der Waals surface area contributed by atoms with Crippen LogP contribution < -0.4 is 10.6 Å². The van der Waals surface area contributed by atoms with Gasteiger partial charge in [0.25, 0.3) is 5.91 Å². The van der Waals surface area contributed by atoms with E-state index in [2.05, 4.69) is 25.6 Å². The van der Waals surface area contributed by atoms with Crippen LogP contribution in [0.4, 0.5) is 15.9 Å². The first-order chi connectivity index (χ1) is 12.5. The average molecular weight is 372 g/mol. The van der Waals surface area contributed by atoms with Crippen molar-refractivity contribution in [2.75, 3.05) is 5.32 Å². The van der Waals surface area contributed by atoms with E-state index in [0.717, 1.165) is 5.56 Å². The molecule has 0 unspecified atom stereocenters. The molecule has 0 saturated heterocycles. The third-order valence-electron chi connectivity index (χ3n) is 3.44. The fraction of sp³-hybridized carbons (Fsp3) is 0.111. The molecule has 0 aliphatic rings. The van der Waals surface area contributed by atoms with Crippen molar-refractivity contribution in [1.82, 2.24) is 20.3 Å². The lowest BCUT2D eigenvalue weighted by Gasteiger charge is -2.10. The Morgan fingerprint density at radius 2 is 2.08 bits per heavy atom. The summed E-state index contributed by atoms with van der Waals surface area (Å²) >= 11 is 5.78. The van der Waals surface area contributed by atoms with Crippen LogP contribution in [0.15, 0.2) is 48.8 Å². The van der Waals surface area contributed by atoms with Gasteiger partial charge in [-0.05, 0) is 36.8 Å². The lowest BCUT2D eigenvalue weighted by Crippen LogP contribution is -2.24. The second-order valence-corrected chi connectivity index (χ2v) is 5.89. The van der Waals surface area contributed by atoms with E-state index in [1.165, 1.54) is 24.3 Å². The minimum Gasteiger partial charge on any atom is -0.347 e. The number of rotatable bonds is 5. The molecule has 0 aliphatic heterocycles. The summed E-state index contributed by atoms with van der Waals surface area (Å²) in [5, 5.41) is 5.77. The highest BCUT2D eigenvalue weighted by Gasteiger charge is 2.11. The molecule has 132 valence electrons. The summed E-state index contributed by atoms with van der Waals surface area (Å²) in [5.41, 5.74) is 1.65. The number of pyridine rings is 1. The molecule has 1 aromatic carbocycles. The van der Waals surface area contributed by atoms with Gasteiger partial charge < -0.3 is 10.6 Å². The molecule has 26 heavy (non-hydrogen) atoms. The molecule has 1 amide bonds. The number of benzene rings is 1. The first-order valence-electron chi connectivity index (χ1n) is 7.76. The van der Waals surface area contributed by atoms with Crippen LogP contribution in [0.5, 0.6) is 0 Å². The van der Waals surface area contributed by atoms with Crippen LogP contribution in [0, 0.1) is 12.7 Å². The first-order valence-corrected chi connectivity index (χ1v) is 8.14. The summed E-state index contributed by atoms with van der Waals surface area (Å²) in [6, 6.07) is 9.40. The molecule has 0 spiro atoms. The third-order valence-corrected chi connectivity index (χ3v) is 3.73. The Balaban J connectivity index is 1.74. The van der Waals surface area contributed by atoms with Crippen molar-refractivity contribution in [2.24, 2.45) is 0 Å². The van der Waals surface area contributed by atoms with Crippen LogP contribution in [0.1, 0.15) is 21.9 Å². The summed E-state index contributed by atoms with van der Waals surface area (Å²) in [6.07, 6.45) is 3.34. The molecule has 0 saturated carbocycles. The predicted octanol–water partition coefficient (Wildman–Crippen LogP) is 3.65. The number of amides is 1. The summed E-state index contributed by atoms with van der Waals surface area (Å²) in [6.45, 7) is 2.02. The zero-order valence-corrected chi connectivity index (χ0v) is 14.6. The summed E-state index contributed by atoms with van der Waals surface area (Å²) in [7, 11) is 0. The maximum absolute atomic E-state index is 13.3. The molecular weight excluding hydrogens is 357 g/mol. The van der Waals surface area contributed by atoms with E-state index in [-0.39, 0.29) is 16.6 Å². The summed E-state index contributed by atoms with van der Waals surface area (Å²) < 4.78 is 13.3. The monoisotopic (exact) mass is 371 g/mol. The number of aryl methyl sites for hydroxylation is 1. The van der Waals surface area contributed by atoms with Crippen molar-refractivity contribution in [2.45, 2.75) is 13.5 Å². The largest absolute Gasteiger partial charge is 0.347 e. The molecule has 6 nitrogen and oxygen atoms in total. The number of nitrogens with one attached hydrogen (secondary N) is 2. The Hall–Kier alpha value is -3.06. The van der Waals surface area contributed by atoms with Gasteiger partial charge in [-0.25, -0.2) is 14.4 Å². The maximum atomic E-state index is 13.3. The van der Waals surface area contributed by atoms with Gasteiger partial charge >= 0.3 is 0 Å². The molecule has 2 aromatic heterocycles. The van der Waals surface area contributed by atoms with E-state index in [1.807, 2.05) is 6.07 Å². The van der Waals surface area contributed by atoms with Crippen molar-refractivity contribution in [3.8, 4) is 0 Å². The maximum Gasteiger partial charge on any atom is 0.270 e. The minimum atomic E-state index is -0.508. The number of nitrogens with zero attached hydrogens (tertiary/aromatic N) is 3. The smallest absolute Gasteiger partial charge is 0.270 e. The number of aromatic nitrogens is 3. The van der Waals surface area contributed by atoms with Gasteiger partial charge in [0.05, 0.1) is 5.02 Å². The molecule has 0 radical (unpaired) electrons. The molecule has 3 aromatic rings. The van der Waals surface area contributed by atoms with Gasteiger partial charge in [-0.1, -0.05) is 17.7 Å². The Bertz CT molecular complexity index is 936. The van der Waals surface area contributed by atoms with E-state index in [9.17, 15) is 9.18 Å². The minimum absolute atomic E-state index is 0.00443. The average Bonchev–Trinajstić information content (AvgIpc) is 2.63. The molecule has 2 N–H and O–H groups in total. The molecule has 0 aliphatic carbocycles. The van der Waals surface area contributed by atoms with Gasteiger partial charge in [0.2, 0.25) is 0 Å². The molecular formula is C18H15ClFN5O. The molecule has 0 fully saturated rings. The second-order valence-electron chi connectivity index (χ2n) is 5.48. The zero-order chi connectivity index (χ0) is 18.5. The number of hydrogen-bond donors (Lipinski definition) is 2. The van der Waals surface area contributed by atoms with E-state index in [4.69, 9.17) is 11.6 Å². The fourth-order valence-corrected chi connectivity index (χ4v) is 2.43. The van der Waals surface area contributed by atoms with E-state index < -0.39 is 5.82 Å². The number of carbonyl (C=O) groups is 1. The first kappa shape index (κ1) is 17.8. The van der Waals surface area contributed by atoms with E-state index >= 15 is 0 Å². The Labute approximate surface area is 154 Å². The SMILES string of the molecule is Cc1nc(Nc2ccc(F)c(Cl)c2)cc(C(=O)NCc2cccnc2)n1. The van der Waals surface area contributed by atoms with Crippen LogP contribution in [0.25, 0.3) is 0 Å². The highest BCUT2D eigenvalue weighted by molar-refractivity contribution is 6.31. The number of anilines is 2. The van der Waals surface area contributed by atoms with Crippen molar-refractivity contribution in [3.63, 3.8) is 0 Å². The van der Waals surface area contributed by atoms with E-state index in [0.29, 0.717) is 23.9 Å². The Kier molecular flexibility index (Phi) is 5.38. The molecule has 3 rings (SSSR count). The van der Waals surface area contributed by atoms with Crippen LogP contribution in [0.3, 0.4) is 0 Å². The Morgan fingerprint density at radius 1 is 1.23 bits per heavy atom. The number of halogens is 2. The van der Waals surface area contributed by atoms with Crippen molar-refractivity contribution < 1.29 is 9.18 Å². The molecule has 0 atom stereocenters. The number of hydrogen-bond acceptors (Lipinski definition) is 5. The molecule has 8 heteroatoms. The standard InChI is InChI=1S/C18H15ClFN5O/c1-11-23-16(18(26)22-10-12-3-2-6-21-9-12)8-17(24-11)25-13-4-5-15(20)14(19)7-13/h2-9H,10H2,1H3,(H,22,26)(H,23,24,25). The van der Waals surface area contributed by atoms with Crippen molar-refractivity contribution >= 4 is 29.0 Å². The zero-order valence-electron chi connectivity index (χ0n) is 13.8. The highest BCUT2D eigenvalue weighted by atomic mass is 35.5. The number of carbonyl (C=O) groups excluding carboxylic acids is 1. The highest BCUT2D eigenvalue weighted by Crippen LogP contribution is 2.22. The van der Waals surface area contributed by atoms with Crippen LogP contribution in [-0.4, -0.2) is 20.9 Å². The van der Waals surface area contributed by atoms with Gasteiger partial charge in [-0.15, -0.1) is 0 Å². The lowest BCUT2D eigenvalue weighted by atomic mass is 10.2. The van der Waals surface area contributed by atoms with Gasteiger partial charge in [-0.2, -0.15) is 0 Å². The van der Waals surface area contributed by atoms with Crippen LogP contribution in [-0.2, 0) is 6.54 Å². The predicted molar refractivity (Wildman–Crippen MR) is 96.9 cm³/mol. The summed E-state index contributed by atoms with van der Waals surface area (Å²) in [4.78, 5) is 24.7. The van der Waals surface area contributed by atoms with Crippen LogP contribution in [0.2, 0.25) is 5.02 Å². The lowest BCUT2D eigenvalue weighted by molar-refractivity contribution is 0.0945.